The van der Waals surface area contributed by atoms with Gasteiger partial charge < -0.3 is 18.6 Å². The van der Waals surface area contributed by atoms with E-state index in [2.05, 4.69) is 332 Å². The second kappa shape index (κ2) is 19.1. The SMILES string of the molecule is CC(C)(C)c1ccc(N(c2ccccc2)c2ccc3c4cc5c(cc4n4c6ccc(C(C)(C)C)cc6c2c34)c2ccc(N(c3ccccc3)c3ccc(C(C)(C)C)cc3-c3ccccc3)c3c4cc(C(C)(C)C)ccc4n5c23)c(-c2ccccc2)c1. The van der Waals surface area contributed by atoms with Crippen molar-refractivity contribution < 1.29 is 0 Å². The maximum absolute atomic E-state index is 2.60. The van der Waals surface area contributed by atoms with Crippen LogP contribution in [0, 0.1) is 0 Å². The van der Waals surface area contributed by atoms with Crippen LogP contribution >= 0.6 is 0 Å². The second-order valence-electron chi connectivity index (χ2n) is 28.3. The van der Waals surface area contributed by atoms with Crippen LogP contribution in [0.1, 0.15) is 105 Å². The van der Waals surface area contributed by atoms with Crippen LogP contribution in [0.15, 0.2) is 231 Å². The fraction of sp³-hybridized carbons (Fsp3) is 0.195. The Morgan fingerprint density at radius 3 is 0.919 bits per heavy atom. The zero-order chi connectivity index (χ0) is 59.3. The van der Waals surface area contributed by atoms with Gasteiger partial charge in [-0.25, -0.2) is 0 Å². The van der Waals surface area contributed by atoms with Gasteiger partial charge in [-0.3, -0.25) is 0 Å². The second-order valence-corrected chi connectivity index (χ2v) is 28.3. The number of hydrogen-bond donors (Lipinski definition) is 0. The first kappa shape index (κ1) is 53.4. The van der Waals surface area contributed by atoms with E-state index in [1.807, 2.05) is 0 Å². The molecule has 0 N–H and O–H groups in total. The minimum Gasteiger partial charge on any atom is -0.309 e. The van der Waals surface area contributed by atoms with Gasteiger partial charge >= 0.3 is 0 Å². The van der Waals surface area contributed by atoms with Crippen LogP contribution in [0.3, 0.4) is 0 Å². The molecule has 422 valence electrons. The molecule has 0 amide bonds. The highest BCUT2D eigenvalue weighted by molar-refractivity contribution is 6.32. The topological polar surface area (TPSA) is 15.3 Å². The molecule has 0 spiro atoms. The summed E-state index contributed by atoms with van der Waals surface area (Å²) in [5.41, 5.74) is 24.0. The van der Waals surface area contributed by atoms with Gasteiger partial charge in [0.25, 0.3) is 0 Å². The first-order valence-electron chi connectivity index (χ1n) is 30.8. The van der Waals surface area contributed by atoms with Crippen LogP contribution in [0.4, 0.5) is 34.1 Å². The molecule has 0 aliphatic rings. The molecule has 4 aromatic heterocycles. The quantitative estimate of drug-likeness (QED) is 0.151. The fourth-order valence-electron chi connectivity index (χ4n) is 13.9. The highest BCUT2D eigenvalue weighted by atomic mass is 15.2. The van der Waals surface area contributed by atoms with Gasteiger partial charge in [-0.1, -0.05) is 217 Å². The van der Waals surface area contributed by atoms with Crippen LogP contribution in [-0.2, 0) is 21.7 Å². The monoisotopic (exact) mass is 1110 g/mol. The Labute approximate surface area is 505 Å². The lowest BCUT2D eigenvalue weighted by Crippen LogP contribution is -2.15. The van der Waals surface area contributed by atoms with Gasteiger partial charge in [0.1, 0.15) is 0 Å². The van der Waals surface area contributed by atoms with Gasteiger partial charge in [0.05, 0.1) is 55.8 Å². The molecule has 15 aromatic rings. The molecule has 4 heterocycles. The third-order valence-corrected chi connectivity index (χ3v) is 18.6. The summed E-state index contributed by atoms with van der Waals surface area (Å²) >= 11 is 0. The summed E-state index contributed by atoms with van der Waals surface area (Å²) < 4.78 is 5.21. The molecule has 0 atom stereocenters. The zero-order valence-electron chi connectivity index (χ0n) is 51.7. The summed E-state index contributed by atoms with van der Waals surface area (Å²) in [7, 11) is 0. The minimum atomic E-state index is -0.0673. The Morgan fingerprint density at radius 1 is 0.256 bits per heavy atom. The van der Waals surface area contributed by atoms with Gasteiger partial charge in [0.15, 0.2) is 0 Å². The van der Waals surface area contributed by atoms with E-state index >= 15 is 0 Å². The Hall–Kier alpha value is -9.38. The number of para-hydroxylation sites is 2. The maximum Gasteiger partial charge on any atom is 0.0641 e. The third kappa shape index (κ3) is 8.31. The van der Waals surface area contributed by atoms with Gasteiger partial charge in [-0.05, 0) is 152 Å². The van der Waals surface area contributed by atoms with Crippen LogP contribution in [-0.4, -0.2) is 8.80 Å². The Balaban J connectivity index is 1.04. The largest absolute Gasteiger partial charge is 0.309 e. The molecule has 86 heavy (non-hydrogen) atoms. The molecule has 0 saturated heterocycles. The van der Waals surface area contributed by atoms with Crippen LogP contribution in [0.2, 0.25) is 0 Å². The highest BCUT2D eigenvalue weighted by Crippen LogP contribution is 2.54. The van der Waals surface area contributed by atoms with Crippen LogP contribution in [0.5, 0.6) is 0 Å². The molecule has 4 nitrogen and oxygen atoms in total. The summed E-state index contributed by atoms with van der Waals surface area (Å²) in [6.45, 7) is 27.9. The number of rotatable bonds is 8. The molecule has 4 heteroatoms. The Kier molecular flexibility index (Phi) is 11.8. The number of benzene rings is 11. The van der Waals surface area contributed by atoms with Crippen molar-refractivity contribution in [2.75, 3.05) is 9.80 Å². The van der Waals surface area contributed by atoms with Crippen molar-refractivity contribution in [3.05, 3.63) is 253 Å². The smallest absolute Gasteiger partial charge is 0.0641 e. The lowest BCUT2D eigenvalue weighted by Gasteiger charge is -2.30. The zero-order valence-corrected chi connectivity index (χ0v) is 51.7. The van der Waals surface area contributed by atoms with E-state index < -0.39 is 0 Å². The van der Waals surface area contributed by atoms with E-state index in [-0.39, 0.29) is 21.7 Å². The van der Waals surface area contributed by atoms with E-state index in [9.17, 15) is 0 Å². The van der Waals surface area contributed by atoms with Crippen LogP contribution < -0.4 is 9.80 Å². The Morgan fingerprint density at radius 2 is 0.570 bits per heavy atom. The van der Waals surface area contributed by atoms with Crippen molar-refractivity contribution in [2.45, 2.75) is 105 Å². The molecular weight excluding hydrogens is 1040 g/mol. The number of fused-ring (bicyclic) bond motifs is 12. The predicted molar refractivity (Wildman–Crippen MR) is 371 cm³/mol. The van der Waals surface area contributed by atoms with Gasteiger partial charge in [-0.2, -0.15) is 0 Å². The lowest BCUT2D eigenvalue weighted by atomic mass is 9.84. The molecular formula is C82H74N4. The normalized spacial score (nSPS) is 12.9. The van der Waals surface area contributed by atoms with E-state index in [4.69, 9.17) is 0 Å². The molecule has 0 unspecified atom stereocenters. The summed E-state index contributed by atoms with van der Waals surface area (Å²) in [5, 5.41) is 10.0. The molecule has 11 aromatic carbocycles. The van der Waals surface area contributed by atoms with Crippen molar-refractivity contribution >= 4 is 110 Å². The molecule has 15 rings (SSSR count). The standard InChI is InChI=1S/C82H74N4/c1-79(2,3)53-33-39-67(61(45-53)51-25-17-13-18-26-51)83(57-29-21-15-22-30-57)71-43-37-59-63-49-74-64(50-73(63)85-69-41-35-55(81(7,8)9)47-65(69)75(71)77(59)85)60-38-44-72(76-66-48-56(82(10,11)12)36-42-70(66)86(74)78(60)76)84(58-31-23-16-24-32-58)68-40-34-54(80(4,5)6)46-62(68)52-27-19-14-20-28-52/h13-50H,1-12H3. The molecule has 0 fully saturated rings. The van der Waals surface area contributed by atoms with Crippen molar-refractivity contribution in [1.29, 1.82) is 0 Å². The average molecular weight is 1120 g/mol. The lowest BCUT2D eigenvalue weighted by molar-refractivity contribution is 0.590. The summed E-state index contributed by atoms with van der Waals surface area (Å²) in [6.07, 6.45) is 0. The average Bonchev–Trinajstić information content (AvgIpc) is 1.53. The first-order chi connectivity index (χ1) is 41.2. The van der Waals surface area contributed by atoms with Crippen LogP contribution in [0.25, 0.3) is 98.4 Å². The maximum atomic E-state index is 2.60. The summed E-state index contributed by atoms with van der Waals surface area (Å²) in [6, 6.07) is 87.5. The van der Waals surface area contributed by atoms with Crippen molar-refractivity contribution in [3.8, 4) is 22.3 Å². The van der Waals surface area contributed by atoms with Gasteiger partial charge in [-0.15, -0.1) is 0 Å². The fourth-order valence-corrected chi connectivity index (χ4v) is 13.9. The highest BCUT2D eigenvalue weighted by Gasteiger charge is 2.32. The summed E-state index contributed by atoms with van der Waals surface area (Å²) in [5.74, 6) is 0. The number of hydrogen-bond acceptors (Lipinski definition) is 2. The van der Waals surface area contributed by atoms with Crippen molar-refractivity contribution in [1.82, 2.24) is 8.80 Å². The molecule has 0 aliphatic heterocycles. The number of nitrogens with zero attached hydrogens (tertiary/aromatic N) is 4. The van der Waals surface area contributed by atoms with E-state index in [0.717, 1.165) is 34.1 Å². The van der Waals surface area contributed by atoms with E-state index in [1.165, 1.54) is 121 Å². The Bertz CT molecular complexity index is 4790. The molecule has 0 saturated carbocycles. The molecule has 0 bridgehead atoms. The number of aromatic nitrogens is 2. The third-order valence-electron chi connectivity index (χ3n) is 18.6. The first-order valence-corrected chi connectivity index (χ1v) is 30.8. The van der Waals surface area contributed by atoms with Crippen molar-refractivity contribution in [2.24, 2.45) is 0 Å². The van der Waals surface area contributed by atoms with E-state index in [0.29, 0.717) is 0 Å². The number of anilines is 6. The van der Waals surface area contributed by atoms with Gasteiger partial charge in [0.2, 0.25) is 0 Å². The van der Waals surface area contributed by atoms with Gasteiger partial charge in [0, 0.05) is 65.6 Å². The molecule has 0 aliphatic carbocycles. The predicted octanol–water partition coefficient (Wildman–Crippen LogP) is 23.5. The van der Waals surface area contributed by atoms with E-state index in [1.54, 1.807) is 0 Å². The summed E-state index contributed by atoms with van der Waals surface area (Å²) in [4.78, 5) is 5.07. The minimum absolute atomic E-state index is 0.0406. The van der Waals surface area contributed by atoms with Crippen molar-refractivity contribution in [3.63, 3.8) is 0 Å². The molecule has 0 radical (unpaired) electrons.